The summed E-state index contributed by atoms with van der Waals surface area (Å²) in [5, 5.41) is 5.48. The molecule has 0 aliphatic heterocycles. The molecular weight excluding hydrogens is 312 g/mol. The highest BCUT2D eigenvalue weighted by Crippen LogP contribution is 2.19. The zero-order valence-electron chi connectivity index (χ0n) is 10.4. The van der Waals surface area contributed by atoms with Gasteiger partial charge < -0.3 is 4.74 Å². The SMILES string of the molecule is Cc1cc(SCCOc2ccc(Br)cc2)n(C)n1. The Hall–Kier alpha value is -0.940. The van der Waals surface area contributed by atoms with Gasteiger partial charge in [0, 0.05) is 17.3 Å². The summed E-state index contributed by atoms with van der Waals surface area (Å²) in [6, 6.07) is 9.97. The summed E-state index contributed by atoms with van der Waals surface area (Å²) in [7, 11) is 1.96. The van der Waals surface area contributed by atoms with Crippen molar-refractivity contribution in [2.24, 2.45) is 7.05 Å². The molecule has 5 heteroatoms. The third-order valence-corrected chi connectivity index (χ3v) is 3.95. The second-order valence-corrected chi connectivity index (χ2v) is 5.93. The second kappa shape index (κ2) is 6.29. The first-order valence-electron chi connectivity index (χ1n) is 5.67. The molecule has 0 atom stereocenters. The van der Waals surface area contributed by atoms with Gasteiger partial charge in [-0.2, -0.15) is 5.10 Å². The lowest BCUT2D eigenvalue weighted by Gasteiger charge is -2.06. The summed E-state index contributed by atoms with van der Waals surface area (Å²) in [5.41, 5.74) is 1.05. The average molecular weight is 327 g/mol. The van der Waals surface area contributed by atoms with Gasteiger partial charge in [-0.25, -0.2) is 0 Å². The van der Waals surface area contributed by atoms with Crippen LogP contribution in [0.2, 0.25) is 0 Å². The van der Waals surface area contributed by atoms with Crippen LogP contribution in [0.3, 0.4) is 0 Å². The lowest BCUT2D eigenvalue weighted by molar-refractivity contribution is 0.344. The van der Waals surface area contributed by atoms with Crippen molar-refractivity contribution in [3.05, 3.63) is 40.5 Å². The summed E-state index contributed by atoms with van der Waals surface area (Å²) in [6.45, 7) is 2.69. The van der Waals surface area contributed by atoms with E-state index in [0.29, 0.717) is 6.61 Å². The Bertz CT molecular complexity index is 510. The number of nitrogens with zero attached hydrogens (tertiary/aromatic N) is 2. The van der Waals surface area contributed by atoms with Crippen LogP contribution in [0.1, 0.15) is 5.69 Å². The maximum absolute atomic E-state index is 5.66. The summed E-state index contributed by atoms with van der Waals surface area (Å²) in [5.74, 6) is 1.81. The van der Waals surface area contributed by atoms with Crippen LogP contribution in [0, 0.1) is 6.92 Å². The molecule has 0 saturated heterocycles. The first-order valence-corrected chi connectivity index (χ1v) is 7.45. The van der Waals surface area contributed by atoms with Gasteiger partial charge in [-0.15, -0.1) is 11.8 Å². The fourth-order valence-electron chi connectivity index (χ4n) is 1.56. The molecule has 0 N–H and O–H groups in total. The lowest BCUT2D eigenvalue weighted by atomic mass is 10.3. The summed E-state index contributed by atoms with van der Waals surface area (Å²) in [6.07, 6.45) is 0. The van der Waals surface area contributed by atoms with Crippen molar-refractivity contribution in [1.82, 2.24) is 9.78 Å². The number of ether oxygens (including phenoxy) is 1. The van der Waals surface area contributed by atoms with Gasteiger partial charge in [0.1, 0.15) is 5.75 Å². The number of hydrogen-bond donors (Lipinski definition) is 0. The first-order chi connectivity index (χ1) is 8.65. The number of benzene rings is 1. The van der Waals surface area contributed by atoms with E-state index >= 15 is 0 Å². The molecule has 1 aromatic carbocycles. The Kier molecular flexibility index (Phi) is 4.72. The fourth-order valence-corrected chi connectivity index (χ4v) is 2.68. The van der Waals surface area contributed by atoms with Crippen LogP contribution < -0.4 is 4.74 Å². The van der Waals surface area contributed by atoms with E-state index in [0.717, 1.165) is 21.7 Å². The van der Waals surface area contributed by atoms with Gasteiger partial charge in [0.15, 0.2) is 0 Å². The minimum atomic E-state index is 0.691. The Labute approximate surface area is 120 Å². The van der Waals surface area contributed by atoms with Crippen molar-refractivity contribution < 1.29 is 4.74 Å². The summed E-state index contributed by atoms with van der Waals surface area (Å²) in [4.78, 5) is 0. The molecule has 0 aliphatic carbocycles. The monoisotopic (exact) mass is 326 g/mol. The summed E-state index contributed by atoms with van der Waals surface area (Å²) < 4.78 is 8.62. The maximum Gasteiger partial charge on any atom is 0.119 e. The number of thioether (sulfide) groups is 1. The largest absolute Gasteiger partial charge is 0.493 e. The predicted octanol–water partition coefficient (Wildman–Crippen LogP) is 3.66. The van der Waals surface area contributed by atoms with Crippen LogP contribution >= 0.6 is 27.7 Å². The van der Waals surface area contributed by atoms with E-state index in [9.17, 15) is 0 Å². The molecule has 18 heavy (non-hydrogen) atoms. The molecule has 2 aromatic rings. The topological polar surface area (TPSA) is 27.1 Å². The van der Waals surface area contributed by atoms with Crippen molar-refractivity contribution in [2.75, 3.05) is 12.4 Å². The Morgan fingerprint density at radius 3 is 2.67 bits per heavy atom. The predicted molar refractivity (Wildman–Crippen MR) is 78.3 cm³/mol. The lowest BCUT2D eigenvalue weighted by Crippen LogP contribution is -2.01. The van der Waals surface area contributed by atoms with Crippen molar-refractivity contribution in [1.29, 1.82) is 0 Å². The molecule has 0 spiro atoms. The number of aryl methyl sites for hydroxylation is 2. The van der Waals surface area contributed by atoms with Crippen molar-refractivity contribution in [3.63, 3.8) is 0 Å². The molecule has 3 nitrogen and oxygen atoms in total. The van der Waals surface area contributed by atoms with Gasteiger partial charge in [-0.05, 0) is 37.3 Å². The van der Waals surface area contributed by atoms with Crippen LogP contribution in [0.25, 0.3) is 0 Å². The highest BCUT2D eigenvalue weighted by molar-refractivity contribution is 9.10. The highest BCUT2D eigenvalue weighted by atomic mass is 79.9. The molecule has 0 saturated carbocycles. The van der Waals surface area contributed by atoms with Crippen molar-refractivity contribution >= 4 is 27.7 Å². The van der Waals surface area contributed by atoms with Crippen LogP contribution in [0.4, 0.5) is 0 Å². The van der Waals surface area contributed by atoms with E-state index < -0.39 is 0 Å². The number of aromatic nitrogens is 2. The molecule has 0 amide bonds. The third-order valence-electron chi connectivity index (χ3n) is 2.37. The van der Waals surface area contributed by atoms with E-state index in [1.165, 1.54) is 5.03 Å². The van der Waals surface area contributed by atoms with Crippen molar-refractivity contribution in [2.45, 2.75) is 11.9 Å². The van der Waals surface area contributed by atoms with E-state index in [4.69, 9.17) is 4.74 Å². The highest BCUT2D eigenvalue weighted by Gasteiger charge is 2.02. The maximum atomic E-state index is 5.66. The Morgan fingerprint density at radius 1 is 1.33 bits per heavy atom. The normalized spacial score (nSPS) is 10.6. The molecule has 96 valence electrons. The van der Waals surface area contributed by atoms with E-state index in [2.05, 4.69) is 27.1 Å². The van der Waals surface area contributed by atoms with Crippen LogP contribution in [-0.2, 0) is 7.05 Å². The Morgan fingerprint density at radius 2 is 2.06 bits per heavy atom. The first kappa shape index (κ1) is 13.5. The molecule has 1 heterocycles. The second-order valence-electron chi connectivity index (χ2n) is 3.90. The quantitative estimate of drug-likeness (QED) is 0.619. The minimum Gasteiger partial charge on any atom is -0.493 e. The van der Waals surface area contributed by atoms with Gasteiger partial charge in [-0.1, -0.05) is 15.9 Å². The fraction of sp³-hybridized carbons (Fsp3) is 0.308. The average Bonchev–Trinajstić information content (AvgIpc) is 2.66. The number of hydrogen-bond acceptors (Lipinski definition) is 3. The minimum absolute atomic E-state index is 0.691. The molecule has 0 unspecified atom stereocenters. The smallest absolute Gasteiger partial charge is 0.119 e. The number of rotatable bonds is 5. The number of halogens is 1. The van der Waals surface area contributed by atoms with Crippen molar-refractivity contribution in [3.8, 4) is 5.75 Å². The van der Waals surface area contributed by atoms with Gasteiger partial charge in [0.2, 0.25) is 0 Å². The van der Waals surface area contributed by atoms with E-state index in [-0.39, 0.29) is 0 Å². The van der Waals surface area contributed by atoms with E-state index in [1.54, 1.807) is 11.8 Å². The zero-order chi connectivity index (χ0) is 13.0. The summed E-state index contributed by atoms with van der Waals surface area (Å²) >= 11 is 5.16. The van der Waals surface area contributed by atoms with Crippen LogP contribution in [0.15, 0.2) is 39.8 Å². The van der Waals surface area contributed by atoms with Gasteiger partial charge in [-0.3, -0.25) is 4.68 Å². The van der Waals surface area contributed by atoms with Crippen LogP contribution in [-0.4, -0.2) is 22.1 Å². The molecule has 0 aliphatic rings. The third kappa shape index (κ3) is 3.78. The van der Waals surface area contributed by atoms with Gasteiger partial charge >= 0.3 is 0 Å². The Balaban J connectivity index is 1.76. The van der Waals surface area contributed by atoms with Gasteiger partial charge in [0.05, 0.1) is 17.3 Å². The zero-order valence-corrected chi connectivity index (χ0v) is 12.8. The molecule has 0 radical (unpaired) electrons. The molecule has 1 aromatic heterocycles. The van der Waals surface area contributed by atoms with Crippen LogP contribution in [0.5, 0.6) is 5.75 Å². The standard InChI is InChI=1S/C13H15BrN2OS/c1-10-9-13(16(2)15-10)18-8-7-17-12-5-3-11(14)4-6-12/h3-6,9H,7-8H2,1-2H3. The molecule has 0 fully saturated rings. The molecule has 2 rings (SSSR count). The van der Waals surface area contributed by atoms with Gasteiger partial charge in [0.25, 0.3) is 0 Å². The van der Waals surface area contributed by atoms with E-state index in [1.807, 2.05) is 42.9 Å². The molecular formula is C13H15BrN2OS. The molecule has 0 bridgehead atoms.